The molecule has 8 heteroatoms. The van der Waals surface area contributed by atoms with Crippen LogP contribution in [0.2, 0.25) is 0 Å². The molecule has 0 spiro atoms. The molecule has 0 saturated heterocycles. The van der Waals surface area contributed by atoms with E-state index in [4.69, 9.17) is 14.2 Å². The predicted octanol–water partition coefficient (Wildman–Crippen LogP) is 7.92. The van der Waals surface area contributed by atoms with E-state index >= 15 is 0 Å². The Morgan fingerprint density at radius 2 is 1.49 bits per heavy atom. The van der Waals surface area contributed by atoms with Crippen LogP contribution in [0.25, 0.3) is 22.0 Å². The van der Waals surface area contributed by atoms with Crippen molar-refractivity contribution in [2.24, 2.45) is 0 Å². The number of benzene rings is 4. The molecule has 0 fully saturated rings. The number of methoxy groups -OCH3 is 1. The second-order valence-electron chi connectivity index (χ2n) is 12.1. The average Bonchev–Trinajstić information content (AvgIpc) is 3.56. The van der Waals surface area contributed by atoms with Crippen molar-refractivity contribution in [2.75, 3.05) is 20.5 Å². The van der Waals surface area contributed by atoms with Crippen molar-refractivity contribution in [3.63, 3.8) is 0 Å². The molecule has 0 unspecified atom stereocenters. The van der Waals surface area contributed by atoms with Crippen molar-refractivity contribution in [1.29, 1.82) is 0 Å². The molecule has 1 heterocycles. The minimum absolute atomic E-state index is 0.0142. The standard InChI is InChI=1S/C37H35BrN2O5/c1-36(2,3)45-35(42)40-21-27(33-30(38)19-12-20-32(33)40)34(41)31(22-44-23-43-4)39-37(24-13-6-5-7-14-24)28-17-10-8-15-25(28)26-16-9-11-18-29(26)37/h5-21,31,39H,22-23H2,1-4H3/t31-/m0/s1. The van der Waals surface area contributed by atoms with Crippen molar-refractivity contribution in [1.82, 2.24) is 9.88 Å². The van der Waals surface area contributed by atoms with Gasteiger partial charge in [0.15, 0.2) is 5.78 Å². The summed E-state index contributed by atoms with van der Waals surface area (Å²) < 4.78 is 18.9. The summed E-state index contributed by atoms with van der Waals surface area (Å²) in [4.78, 5) is 28.2. The molecule has 1 aliphatic rings. The van der Waals surface area contributed by atoms with E-state index in [1.165, 1.54) is 4.57 Å². The SMILES string of the molecule is COCOC[C@H](NC1(c2ccccc2)c2ccccc2-c2ccccc21)C(=O)c1cn(C(=O)OC(C)(C)C)c2cccc(Br)c12. The summed E-state index contributed by atoms with van der Waals surface area (Å²) in [6.45, 7) is 5.47. The number of rotatable bonds is 9. The fourth-order valence-corrected chi connectivity index (χ4v) is 6.82. The Morgan fingerprint density at radius 3 is 2.11 bits per heavy atom. The minimum Gasteiger partial charge on any atom is -0.443 e. The summed E-state index contributed by atoms with van der Waals surface area (Å²) in [5.74, 6) is -0.234. The molecule has 230 valence electrons. The summed E-state index contributed by atoms with van der Waals surface area (Å²) in [6, 6.07) is 31.4. The topological polar surface area (TPSA) is 78.8 Å². The maximum atomic E-state index is 14.8. The monoisotopic (exact) mass is 666 g/mol. The minimum atomic E-state index is -0.869. The van der Waals surface area contributed by atoms with Crippen LogP contribution >= 0.6 is 15.9 Å². The van der Waals surface area contributed by atoms with E-state index in [-0.39, 0.29) is 19.2 Å². The molecular formula is C37H35BrN2O5. The lowest BCUT2D eigenvalue weighted by molar-refractivity contribution is -0.0368. The Labute approximate surface area is 271 Å². The number of Topliss-reactive ketones (excluding diaryl/α,β-unsaturated/α-hetero) is 1. The highest BCUT2D eigenvalue weighted by Crippen LogP contribution is 2.51. The van der Waals surface area contributed by atoms with Crippen LogP contribution in [-0.2, 0) is 19.7 Å². The number of halogens is 1. The van der Waals surface area contributed by atoms with Gasteiger partial charge in [0.05, 0.1) is 23.7 Å². The van der Waals surface area contributed by atoms with Gasteiger partial charge in [0.25, 0.3) is 0 Å². The van der Waals surface area contributed by atoms with Crippen LogP contribution in [0, 0.1) is 0 Å². The highest BCUT2D eigenvalue weighted by atomic mass is 79.9. The summed E-state index contributed by atoms with van der Waals surface area (Å²) in [5.41, 5.74) is 4.61. The Balaban J connectivity index is 1.53. The van der Waals surface area contributed by atoms with Crippen LogP contribution in [0.15, 0.2) is 108 Å². The third-order valence-corrected chi connectivity index (χ3v) is 8.65. The van der Waals surface area contributed by atoms with Gasteiger partial charge >= 0.3 is 6.09 Å². The van der Waals surface area contributed by atoms with Gasteiger partial charge in [-0.3, -0.25) is 14.7 Å². The van der Waals surface area contributed by atoms with Crippen LogP contribution in [-0.4, -0.2) is 48.6 Å². The molecule has 0 bridgehead atoms. The van der Waals surface area contributed by atoms with E-state index in [0.717, 1.165) is 27.8 Å². The number of nitrogens with one attached hydrogen (secondary N) is 1. The number of hydrogen-bond donors (Lipinski definition) is 1. The zero-order chi connectivity index (χ0) is 31.8. The Bertz CT molecular complexity index is 1830. The molecule has 5 aromatic rings. The Hall–Kier alpha value is -4.08. The van der Waals surface area contributed by atoms with Gasteiger partial charge in [-0.25, -0.2) is 4.79 Å². The normalized spacial score (nSPS) is 14.2. The van der Waals surface area contributed by atoms with Crippen molar-refractivity contribution in [2.45, 2.75) is 38.0 Å². The van der Waals surface area contributed by atoms with E-state index in [2.05, 4.69) is 57.6 Å². The average molecular weight is 668 g/mol. The van der Waals surface area contributed by atoms with E-state index in [9.17, 15) is 9.59 Å². The number of aromatic nitrogens is 1. The Morgan fingerprint density at radius 1 is 0.867 bits per heavy atom. The first-order chi connectivity index (χ1) is 21.7. The van der Waals surface area contributed by atoms with Crippen molar-refractivity contribution < 1.29 is 23.8 Å². The molecule has 4 aromatic carbocycles. The fourth-order valence-electron chi connectivity index (χ4n) is 6.25. The summed E-state index contributed by atoms with van der Waals surface area (Å²) in [7, 11) is 1.55. The first-order valence-electron chi connectivity index (χ1n) is 14.8. The molecule has 0 saturated carbocycles. The van der Waals surface area contributed by atoms with Crippen LogP contribution in [0.3, 0.4) is 0 Å². The van der Waals surface area contributed by atoms with E-state index in [0.29, 0.717) is 20.9 Å². The summed E-state index contributed by atoms with van der Waals surface area (Å²) in [6.07, 6.45) is 1.01. The summed E-state index contributed by atoms with van der Waals surface area (Å²) in [5, 5.41) is 4.42. The number of ketones is 1. The van der Waals surface area contributed by atoms with Gasteiger partial charge in [0.1, 0.15) is 12.4 Å². The highest BCUT2D eigenvalue weighted by molar-refractivity contribution is 9.10. The molecule has 45 heavy (non-hydrogen) atoms. The van der Waals surface area contributed by atoms with Gasteiger partial charge in [-0.15, -0.1) is 0 Å². The van der Waals surface area contributed by atoms with Crippen LogP contribution < -0.4 is 5.32 Å². The highest BCUT2D eigenvalue weighted by Gasteiger charge is 2.47. The molecule has 1 atom stereocenters. The van der Waals surface area contributed by atoms with Crippen LogP contribution in [0.1, 0.15) is 47.8 Å². The predicted molar refractivity (Wildman–Crippen MR) is 179 cm³/mol. The molecular weight excluding hydrogens is 632 g/mol. The zero-order valence-corrected chi connectivity index (χ0v) is 27.3. The second-order valence-corrected chi connectivity index (χ2v) is 12.9. The van der Waals surface area contributed by atoms with Gasteiger partial charge < -0.3 is 14.2 Å². The second kappa shape index (κ2) is 12.4. The zero-order valence-electron chi connectivity index (χ0n) is 25.7. The third kappa shape index (κ3) is 5.64. The molecule has 6 rings (SSSR count). The van der Waals surface area contributed by atoms with Gasteiger partial charge in [0.2, 0.25) is 0 Å². The van der Waals surface area contributed by atoms with E-state index < -0.39 is 23.3 Å². The lowest BCUT2D eigenvalue weighted by Gasteiger charge is -2.37. The summed E-state index contributed by atoms with van der Waals surface area (Å²) >= 11 is 3.64. The van der Waals surface area contributed by atoms with Gasteiger partial charge in [-0.2, -0.15) is 0 Å². The van der Waals surface area contributed by atoms with Crippen LogP contribution in [0.5, 0.6) is 0 Å². The number of carbonyl (C=O) groups is 2. The fraction of sp³-hybridized carbons (Fsp3) is 0.243. The number of carbonyl (C=O) groups excluding carboxylic acids is 2. The molecule has 0 radical (unpaired) electrons. The molecule has 0 amide bonds. The lowest BCUT2D eigenvalue weighted by atomic mass is 9.79. The van der Waals surface area contributed by atoms with Gasteiger partial charge in [-0.05, 0) is 60.7 Å². The Kier molecular flexibility index (Phi) is 8.50. The van der Waals surface area contributed by atoms with Gasteiger partial charge in [0, 0.05) is 28.7 Å². The van der Waals surface area contributed by atoms with Crippen LogP contribution in [0.4, 0.5) is 4.79 Å². The molecule has 7 nitrogen and oxygen atoms in total. The largest absolute Gasteiger partial charge is 0.443 e. The van der Waals surface area contributed by atoms with Crippen molar-refractivity contribution in [3.05, 3.63) is 130 Å². The first kappa shape index (κ1) is 30.9. The van der Waals surface area contributed by atoms with Gasteiger partial charge in [-0.1, -0.05) is 101 Å². The number of ether oxygens (including phenoxy) is 3. The van der Waals surface area contributed by atoms with Crippen molar-refractivity contribution >= 4 is 38.7 Å². The number of nitrogens with zero attached hydrogens (tertiary/aromatic N) is 1. The van der Waals surface area contributed by atoms with E-state index in [1.807, 2.05) is 75.4 Å². The quantitative estimate of drug-likeness (QED) is 0.0978. The van der Waals surface area contributed by atoms with Crippen molar-refractivity contribution in [3.8, 4) is 11.1 Å². The third-order valence-electron chi connectivity index (χ3n) is 7.99. The molecule has 1 aromatic heterocycles. The number of fused-ring (bicyclic) bond motifs is 4. The molecule has 1 N–H and O–H groups in total. The maximum Gasteiger partial charge on any atom is 0.419 e. The molecule has 0 aliphatic heterocycles. The molecule has 1 aliphatic carbocycles. The van der Waals surface area contributed by atoms with E-state index in [1.54, 1.807) is 19.4 Å². The maximum absolute atomic E-state index is 14.8. The lowest BCUT2D eigenvalue weighted by Crippen LogP contribution is -2.53. The smallest absolute Gasteiger partial charge is 0.419 e. The first-order valence-corrected chi connectivity index (χ1v) is 15.6. The number of hydrogen-bond acceptors (Lipinski definition) is 6.